The van der Waals surface area contributed by atoms with Gasteiger partial charge in [0.05, 0.1) is 0 Å². The summed E-state index contributed by atoms with van der Waals surface area (Å²) in [5.74, 6) is 0.851. The topological polar surface area (TPSA) is 41.1 Å². The van der Waals surface area contributed by atoms with E-state index in [9.17, 15) is 0 Å². The van der Waals surface area contributed by atoms with Crippen molar-refractivity contribution in [1.29, 1.82) is 0 Å². The molecule has 0 unspecified atom stereocenters. The van der Waals surface area contributed by atoms with Gasteiger partial charge in [-0.2, -0.15) is 0 Å². The Bertz CT molecular complexity index is 624. The Morgan fingerprint density at radius 1 is 1.24 bits per heavy atom. The Labute approximate surface area is 126 Å². The summed E-state index contributed by atoms with van der Waals surface area (Å²) in [6.07, 6.45) is 4.24. The van der Waals surface area contributed by atoms with Gasteiger partial charge in [-0.05, 0) is 37.9 Å². The SMILES string of the molecule is CNCc1cnc(N2CCCc3ccccc3C2)nc1C. The highest BCUT2D eigenvalue weighted by molar-refractivity contribution is 5.38. The van der Waals surface area contributed by atoms with Gasteiger partial charge in [-0.3, -0.25) is 0 Å². The predicted molar refractivity (Wildman–Crippen MR) is 85.3 cm³/mol. The number of hydrogen-bond donors (Lipinski definition) is 1. The van der Waals surface area contributed by atoms with Crippen molar-refractivity contribution in [3.05, 3.63) is 52.8 Å². The number of anilines is 1. The van der Waals surface area contributed by atoms with Gasteiger partial charge in [-0.15, -0.1) is 0 Å². The highest BCUT2D eigenvalue weighted by atomic mass is 15.2. The number of hydrogen-bond acceptors (Lipinski definition) is 4. The fourth-order valence-corrected chi connectivity index (χ4v) is 2.87. The van der Waals surface area contributed by atoms with Crippen molar-refractivity contribution in [2.45, 2.75) is 32.9 Å². The van der Waals surface area contributed by atoms with Crippen molar-refractivity contribution in [2.75, 3.05) is 18.5 Å². The van der Waals surface area contributed by atoms with Gasteiger partial charge in [0.1, 0.15) is 0 Å². The standard InChI is InChI=1S/C17H22N4/c1-13-16(10-18-2)11-19-17(20-13)21-9-5-8-14-6-3-4-7-15(14)12-21/h3-4,6-7,11,18H,5,8-10,12H2,1-2H3. The normalized spacial score (nSPS) is 14.7. The second-order valence-electron chi connectivity index (χ2n) is 5.60. The number of aryl methyl sites for hydroxylation is 2. The Kier molecular flexibility index (Phi) is 4.15. The van der Waals surface area contributed by atoms with E-state index < -0.39 is 0 Å². The van der Waals surface area contributed by atoms with Crippen LogP contribution in [-0.2, 0) is 19.5 Å². The lowest BCUT2D eigenvalue weighted by atomic mass is 10.0. The van der Waals surface area contributed by atoms with Crippen molar-refractivity contribution in [1.82, 2.24) is 15.3 Å². The third-order valence-corrected chi connectivity index (χ3v) is 4.07. The molecule has 0 bridgehead atoms. The molecule has 21 heavy (non-hydrogen) atoms. The van der Waals surface area contributed by atoms with Crippen molar-refractivity contribution >= 4 is 5.95 Å². The molecule has 3 rings (SSSR count). The molecule has 1 aliphatic rings. The molecule has 0 aliphatic carbocycles. The van der Waals surface area contributed by atoms with E-state index >= 15 is 0 Å². The number of fused-ring (bicyclic) bond motifs is 1. The van der Waals surface area contributed by atoms with Gasteiger partial charge in [-0.25, -0.2) is 9.97 Å². The van der Waals surface area contributed by atoms with E-state index in [0.717, 1.165) is 49.7 Å². The minimum atomic E-state index is 0.814. The van der Waals surface area contributed by atoms with Crippen LogP contribution in [0.1, 0.15) is 28.8 Å². The third-order valence-electron chi connectivity index (χ3n) is 4.07. The van der Waals surface area contributed by atoms with Gasteiger partial charge < -0.3 is 10.2 Å². The molecule has 1 aliphatic heterocycles. The molecule has 110 valence electrons. The molecule has 2 aromatic rings. The average Bonchev–Trinajstić information content (AvgIpc) is 2.71. The summed E-state index contributed by atoms with van der Waals surface area (Å²) in [5.41, 5.74) is 5.09. The van der Waals surface area contributed by atoms with E-state index in [1.807, 2.05) is 13.2 Å². The zero-order valence-corrected chi connectivity index (χ0v) is 12.8. The summed E-state index contributed by atoms with van der Waals surface area (Å²) in [7, 11) is 1.94. The number of aromatic nitrogens is 2. The van der Waals surface area contributed by atoms with Crippen LogP contribution in [0.4, 0.5) is 5.95 Å². The van der Waals surface area contributed by atoms with Gasteiger partial charge in [0.2, 0.25) is 5.95 Å². The molecule has 2 heterocycles. The van der Waals surface area contributed by atoms with Crippen LogP contribution in [0.5, 0.6) is 0 Å². The summed E-state index contributed by atoms with van der Waals surface area (Å²) >= 11 is 0. The predicted octanol–water partition coefficient (Wildman–Crippen LogP) is 2.46. The molecule has 1 aromatic carbocycles. The summed E-state index contributed by atoms with van der Waals surface area (Å²) in [4.78, 5) is 11.6. The molecule has 0 amide bonds. The molecule has 0 atom stereocenters. The van der Waals surface area contributed by atoms with Crippen LogP contribution < -0.4 is 10.2 Å². The lowest BCUT2D eigenvalue weighted by molar-refractivity contribution is 0.730. The van der Waals surface area contributed by atoms with Gasteiger partial charge in [0.25, 0.3) is 0 Å². The fraction of sp³-hybridized carbons (Fsp3) is 0.412. The van der Waals surface area contributed by atoms with Crippen LogP contribution in [0.15, 0.2) is 30.5 Å². The monoisotopic (exact) mass is 282 g/mol. The quantitative estimate of drug-likeness (QED) is 0.939. The first-order valence-electron chi connectivity index (χ1n) is 7.57. The molecule has 0 spiro atoms. The van der Waals surface area contributed by atoms with Crippen LogP contribution in [0.2, 0.25) is 0 Å². The van der Waals surface area contributed by atoms with E-state index in [-0.39, 0.29) is 0 Å². The number of benzene rings is 1. The van der Waals surface area contributed by atoms with E-state index in [2.05, 4.69) is 46.4 Å². The summed E-state index contributed by atoms with van der Waals surface area (Å²) in [6.45, 7) is 4.79. The van der Waals surface area contributed by atoms with Crippen molar-refractivity contribution in [2.24, 2.45) is 0 Å². The van der Waals surface area contributed by atoms with Crippen molar-refractivity contribution < 1.29 is 0 Å². The van der Waals surface area contributed by atoms with Gasteiger partial charge in [0.15, 0.2) is 0 Å². The maximum Gasteiger partial charge on any atom is 0.225 e. The molecular formula is C17H22N4. The Morgan fingerprint density at radius 3 is 2.81 bits per heavy atom. The number of nitrogens with zero attached hydrogens (tertiary/aromatic N) is 3. The molecule has 4 nitrogen and oxygen atoms in total. The summed E-state index contributed by atoms with van der Waals surface area (Å²) in [5, 5.41) is 3.15. The smallest absolute Gasteiger partial charge is 0.225 e. The second kappa shape index (κ2) is 6.22. The first kappa shape index (κ1) is 14.0. The van der Waals surface area contributed by atoms with E-state index in [1.165, 1.54) is 11.1 Å². The molecule has 0 fully saturated rings. The highest BCUT2D eigenvalue weighted by Crippen LogP contribution is 2.22. The summed E-state index contributed by atoms with van der Waals surface area (Å²) in [6, 6.07) is 8.70. The molecule has 0 saturated heterocycles. The van der Waals surface area contributed by atoms with Crippen LogP contribution in [-0.4, -0.2) is 23.6 Å². The van der Waals surface area contributed by atoms with Gasteiger partial charge in [0, 0.05) is 37.1 Å². The Hall–Kier alpha value is -1.94. The van der Waals surface area contributed by atoms with Crippen molar-refractivity contribution in [3.8, 4) is 0 Å². The van der Waals surface area contributed by atoms with Crippen molar-refractivity contribution in [3.63, 3.8) is 0 Å². The lowest BCUT2D eigenvalue weighted by Crippen LogP contribution is -2.25. The van der Waals surface area contributed by atoms with E-state index in [0.29, 0.717) is 0 Å². The average molecular weight is 282 g/mol. The highest BCUT2D eigenvalue weighted by Gasteiger charge is 2.17. The van der Waals surface area contributed by atoms with Crippen LogP contribution >= 0.6 is 0 Å². The van der Waals surface area contributed by atoms with E-state index in [1.54, 1.807) is 0 Å². The molecule has 0 radical (unpaired) electrons. The number of rotatable bonds is 3. The Balaban J connectivity index is 1.85. The molecule has 1 aromatic heterocycles. The van der Waals surface area contributed by atoms with E-state index in [4.69, 9.17) is 4.98 Å². The zero-order valence-electron chi connectivity index (χ0n) is 12.8. The minimum absolute atomic E-state index is 0.814. The maximum absolute atomic E-state index is 4.70. The molecule has 1 N–H and O–H groups in total. The molecular weight excluding hydrogens is 260 g/mol. The van der Waals surface area contributed by atoms with Crippen LogP contribution in [0.25, 0.3) is 0 Å². The molecule has 0 saturated carbocycles. The number of nitrogens with one attached hydrogen (secondary N) is 1. The third kappa shape index (κ3) is 3.05. The first-order chi connectivity index (χ1) is 10.3. The van der Waals surface area contributed by atoms with Crippen LogP contribution in [0.3, 0.4) is 0 Å². The fourth-order valence-electron chi connectivity index (χ4n) is 2.87. The maximum atomic E-state index is 4.70. The molecule has 4 heteroatoms. The lowest BCUT2D eigenvalue weighted by Gasteiger charge is -2.21. The minimum Gasteiger partial charge on any atom is -0.336 e. The first-order valence-corrected chi connectivity index (χ1v) is 7.57. The largest absolute Gasteiger partial charge is 0.336 e. The van der Waals surface area contributed by atoms with Crippen LogP contribution in [0, 0.1) is 6.92 Å². The second-order valence-corrected chi connectivity index (χ2v) is 5.60. The van der Waals surface area contributed by atoms with Gasteiger partial charge >= 0.3 is 0 Å². The van der Waals surface area contributed by atoms with Gasteiger partial charge in [-0.1, -0.05) is 24.3 Å². The summed E-state index contributed by atoms with van der Waals surface area (Å²) < 4.78 is 0. The Morgan fingerprint density at radius 2 is 2.05 bits per heavy atom. The zero-order chi connectivity index (χ0) is 14.7.